The van der Waals surface area contributed by atoms with Gasteiger partial charge in [-0.3, -0.25) is 0 Å². The Labute approximate surface area is 159 Å². The number of ether oxygens (including phenoxy) is 3. The van der Waals surface area contributed by atoms with Crippen LogP contribution in [0, 0.1) is 0 Å². The fraction of sp³-hybridized carbons (Fsp3) is 0.222. The van der Waals surface area contributed by atoms with Crippen LogP contribution in [0.4, 0.5) is 10.8 Å². The molecule has 0 spiro atoms. The quantitative estimate of drug-likeness (QED) is 0.635. The number of hydrogen-bond acceptors (Lipinski definition) is 8. The molecule has 0 fully saturated rings. The summed E-state index contributed by atoms with van der Waals surface area (Å²) in [4.78, 5) is 0. The largest absolute Gasteiger partial charge is 0.495 e. The number of fused-ring (bicyclic) bond motifs is 1. The van der Waals surface area contributed by atoms with Crippen LogP contribution in [-0.4, -0.2) is 35.8 Å². The number of anilines is 2. The molecule has 0 unspecified atom stereocenters. The van der Waals surface area contributed by atoms with E-state index < -0.39 is 0 Å². The van der Waals surface area contributed by atoms with Crippen LogP contribution in [0.2, 0.25) is 0 Å². The summed E-state index contributed by atoms with van der Waals surface area (Å²) in [6.07, 6.45) is -0.00979. The Morgan fingerprint density at radius 3 is 2.85 bits per heavy atom. The van der Waals surface area contributed by atoms with Crippen LogP contribution in [0.25, 0.3) is 0 Å². The Morgan fingerprint density at radius 1 is 1.15 bits per heavy atom. The first-order valence-electron chi connectivity index (χ1n) is 8.06. The molecule has 1 aromatic heterocycles. The van der Waals surface area contributed by atoms with Gasteiger partial charge in [0, 0.05) is 5.75 Å². The molecule has 0 bridgehead atoms. The van der Waals surface area contributed by atoms with Crippen LogP contribution in [0.1, 0.15) is 0 Å². The summed E-state index contributed by atoms with van der Waals surface area (Å²) in [6.45, 7) is 0.537. The van der Waals surface area contributed by atoms with Gasteiger partial charge >= 0.3 is 0 Å². The summed E-state index contributed by atoms with van der Waals surface area (Å²) in [5, 5.41) is 12.4. The molecule has 26 heavy (non-hydrogen) atoms. The zero-order chi connectivity index (χ0) is 17.8. The minimum atomic E-state index is -0.00979. The SMILES string of the molecule is COc1ccccc1Nc1nnc(SC[C@@H]2COc3ccccc3O2)s1. The standard InChI is InChI=1S/C18H17N3O3S2/c1-22-14-7-3-2-6-13(14)19-17-20-21-18(26-17)25-11-12-10-23-15-8-4-5-9-16(15)24-12/h2-9,12H,10-11H2,1H3,(H,19,20)/t12-/m0/s1. The lowest BCUT2D eigenvalue weighted by molar-refractivity contribution is 0.107. The maximum Gasteiger partial charge on any atom is 0.210 e. The zero-order valence-electron chi connectivity index (χ0n) is 14.0. The molecule has 0 radical (unpaired) electrons. The molecule has 6 nitrogen and oxygen atoms in total. The van der Waals surface area contributed by atoms with Crippen LogP contribution >= 0.6 is 23.1 Å². The smallest absolute Gasteiger partial charge is 0.210 e. The third kappa shape index (κ3) is 3.86. The van der Waals surface area contributed by atoms with E-state index >= 15 is 0 Å². The molecular formula is C18H17N3O3S2. The highest BCUT2D eigenvalue weighted by Crippen LogP contribution is 2.34. The molecule has 1 aliphatic heterocycles. The van der Waals surface area contributed by atoms with Crippen molar-refractivity contribution in [2.24, 2.45) is 0 Å². The Balaban J connectivity index is 1.34. The highest BCUT2D eigenvalue weighted by Gasteiger charge is 2.21. The number of hydrogen-bond donors (Lipinski definition) is 1. The number of nitrogens with zero attached hydrogens (tertiary/aromatic N) is 2. The zero-order valence-corrected chi connectivity index (χ0v) is 15.7. The van der Waals surface area contributed by atoms with E-state index in [2.05, 4.69) is 15.5 Å². The van der Waals surface area contributed by atoms with Crippen molar-refractivity contribution in [2.75, 3.05) is 24.8 Å². The van der Waals surface area contributed by atoms with E-state index in [9.17, 15) is 0 Å². The second kappa shape index (κ2) is 7.84. The van der Waals surface area contributed by atoms with E-state index in [4.69, 9.17) is 14.2 Å². The molecule has 8 heteroatoms. The van der Waals surface area contributed by atoms with Gasteiger partial charge in [0.25, 0.3) is 0 Å². The van der Waals surface area contributed by atoms with Crippen LogP contribution in [0.15, 0.2) is 52.9 Å². The van der Waals surface area contributed by atoms with Gasteiger partial charge < -0.3 is 19.5 Å². The molecule has 1 aliphatic rings. The topological polar surface area (TPSA) is 65.5 Å². The third-order valence-electron chi connectivity index (χ3n) is 3.72. The number of thioether (sulfide) groups is 1. The van der Waals surface area contributed by atoms with Crippen LogP contribution in [-0.2, 0) is 0 Å². The van der Waals surface area contributed by atoms with E-state index in [0.29, 0.717) is 6.61 Å². The van der Waals surface area contributed by atoms with Crippen molar-refractivity contribution in [1.82, 2.24) is 10.2 Å². The van der Waals surface area contributed by atoms with Crippen molar-refractivity contribution in [2.45, 2.75) is 10.4 Å². The highest BCUT2D eigenvalue weighted by molar-refractivity contribution is 8.01. The minimum Gasteiger partial charge on any atom is -0.495 e. The third-order valence-corrected chi connectivity index (χ3v) is 5.82. The first kappa shape index (κ1) is 17.0. The van der Waals surface area contributed by atoms with Gasteiger partial charge in [0.15, 0.2) is 15.8 Å². The van der Waals surface area contributed by atoms with Gasteiger partial charge in [0.05, 0.1) is 12.8 Å². The Bertz CT molecular complexity index is 887. The van der Waals surface area contributed by atoms with Crippen molar-refractivity contribution >= 4 is 33.9 Å². The minimum absolute atomic E-state index is 0.00979. The number of benzene rings is 2. The van der Waals surface area contributed by atoms with E-state index in [1.165, 1.54) is 11.3 Å². The summed E-state index contributed by atoms with van der Waals surface area (Å²) in [5.41, 5.74) is 0.864. The van der Waals surface area contributed by atoms with E-state index in [0.717, 1.165) is 38.2 Å². The molecule has 1 N–H and O–H groups in total. The maximum absolute atomic E-state index is 5.96. The second-order valence-corrected chi connectivity index (χ2v) is 7.75. The van der Waals surface area contributed by atoms with E-state index in [1.54, 1.807) is 18.9 Å². The molecule has 134 valence electrons. The number of para-hydroxylation sites is 4. The van der Waals surface area contributed by atoms with Gasteiger partial charge in [0.1, 0.15) is 18.5 Å². The van der Waals surface area contributed by atoms with E-state index in [-0.39, 0.29) is 6.10 Å². The predicted molar refractivity (Wildman–Crippen MR) is 103 cm³/mol. The van der Waals surface area contributed by atoms with Gasteiger partial charge in [-0.05, 0) is 24.3 Å². The van der Waals surface area contributed by atoms with Gasteiger partial charge in [-0.1, -0.05) is 47.4 Å². The molecule has 1 atom stereocenters. The molecule has 4 rings (SSSR count). The fourth-order valence-electron chi connectivity index (χ4n) is 2.49. The number of nitrogens with one attached hydrogen (secondary N) is 1. The second-order valence-electron chi connectivity index (χ2n) is 5.51. The van der Waals surface area contributed by atoms with Gasteiger partial charge in [-0.25, -0.2) is 0 Å². The molecule has 2 heterocycles. The molecule has 2 aromatic carbocycles. The van der Waals surface area contributed by atoms with Crippen molar-refractivity contribution < 1.29 is 14.2 Å². The van der Waals surface area contributed by atoms with Gasteiger partial charge in [-0.15, -0.1) is 10.2 Å². The van der Waals surface area contributed by atoms with E-state index in [1.807, 2.05) is 48.5 Å². The molecular weight excluding hydrogens is 370 g/mol. The molecule has 0 saturated heterocycles. The van der Waals surface area contributed by atoms with Crippen LogP contribution in [0.3, 0.4) is 0 Å². The predicted octanol–water partition coefficient (Wildman–Crippen LogP) is 4.22. The summed E-state index contributed by atoms with van der Waals surface area (Å²) >= 11 is 3.11. The Morgan fingerprint density at radius 2 is 1.96 bits per heavy atom. The van der Waals surface area contributed by atoms with Crippen LogP contribution < -0.4 is 19.5 Å². The van der Waals surface area contributed by atoms with Crippen molar-refractivity contribution in [3.63, 3.8) is 0 Å². The summed E-state index contributed by atoms with van der Waals surface area (Å²) in [7, 11) is 1.65. The lowest BCUT2D eigenvalue weighted by Gasteiger charge is -2.25. The first-order valence-corrected chi connectivity index (χ1v) is 9.87. The summed E-state index contributed by atoms with van der Waals surface area (Å²) < 4.78 is 17.9. The monoisotopic (exact) mass is 387 g/mol. The molecule has 0 amide bonds. The molecule has 0 aliphatic carbocycles. The van der Waals surface area contributed by atoms with Crippen LogP contribution in [0.5, 0.6) is 17.2 Å². The summed E-state index contributed by atoms with van der Waals surface area (Å²) in [5.74, 6) is 3.11. The Hall–Kier alpha value is -2.45. The number of rotatable bonds is 6. The average Bonchev–Trinajstić information content (AvgIpc) is 3.14. The fourth-order valence-corrected chi connectivity index (χ4v) is 4.25. The van der Waals surface area contributed by atoms with Gasteiger partial charge in [0.2, 0.25) is 5.13 Å². The van der Waals surface area contributed by atoms with Crippen molar-refractivity contribution in [3.8, 4) is 17.2 Å². The average molecular weight is 387 g/mol. The summed E-state index contributed by atoms with van der Waals surface area (Å²) in [6, 6.07) is 15.4. The lowest BCUT2D eigenvalue weighted by atomic mass is 10.3. The number of aromatic nitrogens is 2. The molecule has 0 saturated carbocycles. The van der Waals surface area contributed by atoms with Crippen molar-refractivity contribution in [3.05, 3.63) is 48.5 Å². The lowest BCUT2D eigenvalue weighted by Crippen LogP contribution is -2.31. The maximum atomic E-state index is 5.96. The highest BCUT2D eigenvalue weighted by atomic mass is 32.2. The number of methoxy groups -OCH3 is 1. The first-order chi connectivity index (χ1) is 12.8. The Kier molecular flexibility index (Phi) is 5.12. The molecule has 3 aromatic rings. The normalized spacial score (nSPS) is 15.5. The van der Waals surface area contributed by atoms with Gasteiger partial charge in [-0.2, -0.15) is 0 Å². The van der Waals surface area contributed by atoms with Crippen molar-refractivity contribution in [1.29, 1.82) is 0 Å².